The van der Waals surface area contributed by atoms with Crippen molar-refractivity contribution < 1.29 is 9.59 Å². The van der Waals surface area contributed by atoms with Crippen molar-refractivity contribution in [3.63, 3.8) is 0 Å². The van der Waals surface area contributed by atoms with Crippen LogP contribution in [0.15, 0.2) is 0 Å². The van der Waals surface area contributed by atoms with Crippen LogP contribution in [0.5, 0.6) is 0 Å². The van der Waals surface area contributed by atoms with Gasteiger partial charge in [0.2, 0.25) is 11.8 Å². The zero-order valence-corrected chi connectivity index (χ0v) is 14.4. The summed E-state index contributed by atoms with van der Waals surface area (Å²) in [5.41, 5.74) is -0.327. The summed E-state index contributed by atoms with van der Waals surface area (Å²) < 4.78 is 0. The lowest BCUT2D eigenvalue weighted by atomic mass is 9.90. The summed E-state index contributed by atoms with van der Waals surface area (Å²) in [6, 6.07) is 0. The first-order valence-electron chi connectivity index (χ1n) is 8.29. The van der Waals surface area contributed by atoms with Gasteiger partial charge >= 0.3 is 0 Å². The maximum atomic E-state index is 12.2. The van der Waals surface area contributed by atoms with E-state index >= 15 is 0 Å². The summed E-state index contributed by atoms with van der Waals surface area (Å²) in [4.78, 5) is 26.2. The molecule has 1 saturated heterocycles. The van der Waals surface area contributed by atoms with Crippen LogP contribution in [-0.2, 0) is 9.59 Å². The molecule has 4 heteroatoms. The van der Waals surface area contributed by atoms with Gasteiger partial charge in [-0.1, -0.05) is 34.6 Å². The van der Waals surface area contributed by atoms with Gasteiger partial charge in [0, 0.05) is 31.0 Å². The highest BCUT2D eigenvalue weighted by Gasteiger charge is 2.32. The lowest BCUT2D eigenvalue weighted by Crippen LogP contribution is -2.46. The zero-order chi connectivity index (χ0) is 16.0. The molecule has 0 aliphatic carbocycles. The van der Waals surface area contributed by atoms with E-state index in [1.807, 2.05) is 25.7 Å². The van der Waals surface area contributed by atoms with Crippen LogP contribution in [0.3, 0.4) is 0 Å². The minimum absolute atomic E-state index is 0.0769. The number of carbonyl (C=O) groups excluding carboxylic acids is 2. The molecule has 0 aromatic carbocycles. The number of rotatable bonds is 5. The van der Waals surface area contributed by atoms with Crippen molar-refractivity contribution in [1.29, 1.82) is 0 Å². The number of likely N-dealkylation sites (tertiary alicyclic amines) is 1. The van der Waals surface area contributed by atoms with Crippen LogP contribution in [0.25, 0.3) is 0 Å². The Bertz CT molecular complexity index is 350. The third kappa shape index (κ3) is 6.06. The second kappa shape index (κ2) is 7.81. The van der Waals surface area contributed by atoms with Crippen LogP contribution < -0.4 is 5.32 Å². The number of carbonyl (C=O) groups is 2. The van der Waals surface area contributed by atoms with Crippen molar-refractivity contribution in [1.82, 2.24) is 10.2 Å². The minimum Gasteiger partial charge on any atom is -0.356 e. The quantitative estimate of drug-likeness (QED) is 0.793. The standard InChI is InChI=1S/C17H32N2O2/c1-13(2)7-6-10-18-15(20)14-8-11-19(12-9-14)16(21)17(3,4)5/h13-14H,6-12H2,1-5H3,(H,18,20). The number of amides is 2. The maximum absolute atomic E-state index is 12.2. The monoisotopic (exact) mass is 296 g/mol. The minimum atomic E-state index is -0.327. The van der Waals surface area contributed by atoms with Gasteiger partial charge in [-0.2, -0.15) is 0 Å². The van der Waals surface area contributed by atoms with Crippen molar-refractivity contribution >= 4 is 11.8 Å². The Morgan fingerprint density at radius 3 is 2.24 bits per heavy atom. The summed E-state index contributed by atoms with van der Waals surface area (Å²) in [5, 5.41) is 3.04. The molecule has 0 unspecified atom stereocenters. The van der Waals surface area contributed by atoms with Crippen molar-refractivity contribution in [2.24, 2.45) is 17.3 Å². The van der Waals surface area contributed by atoms with E-state index in [-0.39, 0.29) is 23.1 Å². The Labute approximate surface area is 129 Å². The third-order valence-corrected chi connectivity index (χ3v) is 4.05. The first kappa shape index (κ1) is 18.0. The molecule has 122 valence electrons. The Hall–Kier alpha value is -1.06. The Balaban J connectivity index is 2.29. The lowest BCUT2D eigenvalue weighted by molar-refractivity contribution is -0.142. The molecular formula is C17H32N2O2. The zero-order valence-electron chi connectivity index (χ0n) is 14.4. The molecule has 0 aromatic rings. The summed E-state index contributed by atoms with van der Waals surface area (Å²) in [6.45, 7) is 12.4. The summed E-state index contributed by atoms with van der Waals surface area (Å²) in [6.07, 6.45) is 3.78. The van der Waals surface area contributed by atoms with Crippen molar-refractivity contribution in [2.75, 3.05) is 19.6 Å². The average Bonchev–Trinajstić information content (AvgIpc) is 2.41. The maximum Gasteiger partial charge on any atom is 0.227 e. The van der Waals surface area contributed by atoms with E-state index in [9.17, 15) is 9.59 Å². The van der Waals surface area contributed by atoms with E-state index in [1.54, 1.807) is 0 Å². The number of hydrogen-bond acceptors (Lipinski definition) is 2. The van der Waals surface area contributed by atoms with Gasteiger partial charge < -0.3 is 10.2 Å². The summed E-state index contributed by atoms with van der Waals surface area (Å²) >= 11 is 0. The molecule has 1 heterocycles. The van der Waals surface area contributed by atoms with E-state index in [2.05, 4.69) is 19.2 Å². The predicted molar refractivity (Wildman–Crippen MR) is 85.8 cm³/mol. The Morgan fingerprint density at radius 2 is 1.76 bits per heavy atom. The van der Waals surface area contributed by atoms with Gasteiger partial charge in [-0.15, -0.1) is 0 Å². The van der Waals surface area contributed by atoms with Gasteiger partial charge in [0.25, 0.3) is 0 Å². The van der Waals surface area contributed by atoms with Gasteiger partial charge in [-0.25, -0.2) is 0 Å². The molecule has 0 radical (unpaired) electrons. The molecule has 0 bridgehead atoms. The number of hydrogen-bond donors (Lipinski definition) is 1. The van der Waals surface area contributed by atoms with E-state index in [4.69, 9.17) is 0 Å². The molecule has 4 nitrogen and oxygen atoms in total. The molecule has 1 fully saturated rings. The van der Waals surface area contributed by atoms with Crippen molar-refractivity contribution in [3.05, 3.63) is 0 Å². The Morgan fingerprint density at radius 1 is 1.19 bits per heavy atom. The molecule has 1 rings (SSSR count). The molecule has 2 amide bonds. The van der Waals surface area contributed by atoms with E-state index in [0.717, 1.165) is 32.2 Å². The molecule has 0 saturated carbocycles. The van der Waals surface area contributed by atoms with Gasteiger partial charge in [-0.05, 0) is 31.6 Å². The van der Waals surface area contributed by atoms with Gasteiger partial charge in [0.15, 0.2) is 0 Å². The van der Waals surface area contributed by atoms with Crippen molar-refractivity contribution in [3.8, 4) is 0 Å². The van der Waals surface area contributed by atoms with Crippen LogP contribution in [0.1, 0.15) is 60.3 Å². The second-order valence-electron chi connectivity index (χ2n) is 7.64. The number of nitrogens with zero attached hydrogens (tertiary/aromatic N) is 1. The SMILES string of the molecule is CC(C)CCCNC(=O)C1CCN(C(=O)C(C)(C)C)CC1. The molecule has 1 aliphatic heterocycles. The molecular weight excluding hydrogens is 264 g/mol. The average molecular weight is 296 g/mol. The highest BCUT2D eigenvalue weighted by atomic mass is 16.2. The van der Waals surface area contributed by atoms with Crippen LogP contribution in [0.4, 0.5) is 0 Å². The van der Waals surface area contributed by atoms with E-state index < -0.39 is 0 Å². The van der Waals surface area contributed by atoms with Crippen LogP contribution in [0.2, 0.25) is 0 Å². The predicted octanol–water partition coefficient (Wildman–Crippen LogP) is 2.82. The van der Waals surface area contributed by atoms with Gasteiger partial charge in [-0.3, -0.25) is 9.59 Å². The van der Waals surface area contributed by atoms with E-state index in [1.165, 1.54) is 0 Å². The van der Waals surface area contributed by atoms with Crippen LogP contribution in [0, 0.1) is 17.3 Å². The lowest BCUT2D eigenvalue weighted by Gasteiger charge is -2.35. The van der Waals surface area contributed by atoms with E-state index in [0.29, 0.717) is 19.0 Å². The highest BCUT2D eigenvalue weighted by Crippen LogP contribution is 2.23. The fourth-order valence-corrected chi connectivity index (χ4v) is 2.69. The van der Waals surface area contributed by atoms with Crippen LogP contribution >= 0.6 is 0 Å². The number of nitrogens with one attached hydrogen (secondary N) is 1. The first-order chi connectivity index (χ1) is 9.71. The van der Waals surface area contributed by atoms with Gasteiger partial charge in [0.1, 0.15) is 0 Å². The molecule has 0 spiro atoms. The van der Waals surface area contributed by atoms with Crippen molar-refractivity contribution in [2.45, 2.75) is 60.3 Å². The topological polar surface area (TPSA) is 49.4 Å². The molecule has 0 atom stereocenters. The summed E-state index contributed by atoms with van der Waals surface area (Å²) in [5.74, 6) is 1.13. The summed E-state index contributed by atoms with van der Waals surface area (Å²) in [7, 11) is 0. The fraction of sp³-hybridized carbons (Fsp3) is 0.882. The Kier molecular flexibility index (Phi) is 6.69. The third-order valence-electron chi connectivity index (χ3n) is 4.05. The molecule has 1 N–H and O–H groups in total. The smallest absolute Gasteiger partial charge is 0.227 e. The largest absolute Gasteiger partial charge is 0.356 e. The number of piperidine rings is 1. The van der Waals surface area contributed by atoms with Gasteiger partial charge in [0.05, 0.1) is 0 Å². The normalized spacial score (nSPS) is 17.1. The molecule has 21 heavy (non-hydrogen) atoms. The molecule has 1 aliphatic rings. The van der Waals surface area contributed by atoms with Crippen LogP contribution in [-0.4, -0.2) is 36.3 Å². The first-order valence-corrected chi connectivity index (χ1v) is 8.29. The fourth-order valence-electron chi connectivity index (χ4n) is 2.69. The highest BCUT2D eigenvalue weighted by molar-refractivity contribution is 5.82. The second-order valence-corrected chi connectivity index (χ2v) is 7.64. The molecule has 0 aromatic heterocycles.